The molecular weight excluding hydrogens is 172 g/mol. The van der Waals surface area contributed by atoms with Crippen LogP contribution in [-0.4, -0.2) is 14.1 Å². The predicted octanol–water partition coefficient (Wildman–Crippen LogP) is 2.92. The van der Waals surface area contributed by atoms with Crippen molar-refractivity contribution < 1.29 is 0 Å². The smallest absolute Gasteiger partial charge is 0.0343 e. The number of fused-ring (bicyclic) bond motifs is 1. The third kappa shape index (κ3) is 1.51. The fourth-order valence-corrected chi connectivity index (χ4v) is 1.56. The van der Waals surface area contributed by atoms with Gasteiger partial charge in [-0.1, -0.05) is 12.1 Å². The van der Waals surface area contributed by atoms with Crippen LogP contribution in [0.3, 0.4) is 0 Å². The molecule has 0 radical (unpaired) electrons. The van der Waals surface area contributed by atoms with Crippen LogP contribution in [0.1, 0.15) is 0 Å². The van der Waals surface area contributed by atoms with Crippen LogP contribution < -0.4 is 10.6 Å². The second kappa shape index (κ2) is 3.58. The molecule has 0 amide bonds. The van der Waals surface area contributed by atoms with E-state index in [4.69, 9.17) is 0 Å². The zero-order chi connectivity index (χ0) is 9.97. The van der Waals surface area contributed by atoms with Crippen LogP contribution in [0.2, 0.25) is 0 Å². The van der Waals surface area contributed by atoms with E-state index in [1.807, 2.05) is 14.1 Å². The highest BCUT2D eigenvalue weighted by atomic mass is 14.8. The first kappa shape index (κ1) is 8.88. The second-order valence-electron chi connectivity index (χ2n) is 3.28. The third-order valence-electron chi connectivity index (χ3n) is 2.42. The van der Waals surface area contributed by atoms with Gasteiger partial charge in [-0.25, -0.2) is 0 Å². The van der Waals surface area contributed by atoms with Gasteiger partial charge in [-0.2, -0.15) is 0 Å². The van der Waals surface area contributed by atoms with Gasteiger partial charge in [0.1, 0.15) is 0 Å². The molecule has 0 unspecified atom stereocenters. The van der Waals surface area contributed by atoms with Crippen LogP contribution in [0.25, 0.3) is 10.8 Å². The van der Waals surface area contributed by atoms with Crippen LogP contribution in [0.15, 0.2) is 36.4 Å². The van der Waals surface area contributed by atoms with Gasteiger partial charge in [-0.05, 0) is 35.0 Å². The summed E-state index contributed by atoms with van der Waals surface area (Å²) in [6, 6.07) is 12.7. The minimum Gasteiger partial charge on any atom is -0.388 e. The predicted molar refractivity (Wildman–Crippen MR) is 63.0 cm³/mol. The van der Waals surface area contributed by atoms with Crippen LogP contribution in [0.5, 0.6) is 0 Å². The van der Waals surface area contributed by atoms with Crippen LogP contribution in [-0.2, 0) is 0 Å². The first-order chi connectivity index (χ1) is 6.83. The third-order valence-corrected chi connectivity index (χ3v) is 2.42. The number of anilines is 2. The normalized spacial score (nSPS) is 10.1. The van der Waals surface area contributed by atoms with Crippen LogP contribution in [0, 0.1) is 0 Å². The Hall–Kier alpha value is -1.70. The summed E-state index contributed by atoms with van der Waals surface area (Å²) in [7, 11) is 3.87. The molecule has 2 N–H and O–H groups in total. The summed E-state index contributed by atoms with van der Waals surface area (Å²) in [5.74, 6) is 0. The lowest BCUT2D eigenvalue weighted by Crippen LogP contribution is -1.89. The largest absolute Gasteiger partial charge is 0.388 e. The van der Waals surface area contributed by atoms with Gasteiger partial charge < -0.3 is 10.6 Å². The number of nitrogens with one attached hydrogen (secondary N) is 2. The molecule has 0 aromatic heterocycles. The van der Waals surface area contributed by atoms with E-state index in [9.17, 15) is 0 Å². The summed E-state index contributed by atoms with van der Waals surface area (Å²) in [5.41, 5.74) is 2.30. The van der Waals surface area contributed by atoms with Crippen LogP contribution in [0.4, 0.5) is 11.4 Å². The van der Waals surface area contributed by atoms with Gasteiger partial charge in [0.25, 0.3) is 0 Å². The SMILES string of the molecule is CNc1ccc2cc(NC)ccc2c1. The molecule has 0 fully saturated rings. The van der Waals surface area contributed by atoms with Gasteiger partial charge in [0.05, 0.1) is 0 Å². The Balaban J connectivity index is 2.57. The molecule has 2 heteroatoms. The van der Waals surface area contributed by atoms with Crippen molar-refractivity contribution in [3.05, 3.63) is 36.4 Å². The molecule has 0 bridgehead atoms. The lowest BCUT2D eigenvalue weighted by atomic mass is 10.1. The van der Waals surface area contributed by atoms with E-state index >= 15 is 0 Å². The highest BCUT2D eigenvalue weighted by molar-refractivity contribution is 5.88. The van der Waals surface area contributed by atoms with Crippen molar-refractivity contribution in [1.82, 2.24) is 0 Å². The topological polar surface area (TPSA) is 24.1 Å². The average molecular weight is 186 g/mol. The monoisotopic (exact) mass is 186 g/mol. The van der Waals surface area contributed by atoms with Crippen molar-refractivity contribution in [3.63, 3.8) is 0 Å². The number of hydrogen-bond acceptors (Lipinski definition) is 2. The molecule has 0 aliphatic rings. The molecule has 0 atom stereocenters. The van der Waals surface area contributed by atoms with E-state index < -0.39 is 0 Å². The standard InChI is InChI=1S/C12H14N2/c1-13-11-5-3-10-8-12(14-2)6-4-9(10)7-11/h3-8,13-14H,1-2H3. The molecule has 0 heterocycles. The molecule has 72 valence electrons. The van der Waals surface area contributed by atoms with Gasteiger partial charge in [-0.3, -0.25) is 0 Å². The minimum atomic E-state index is 1.15. The summed E-state index contributed by atoms with van der Waals surface area (Å²) in [4.78, 5) is 0. The van der Waals surface area contributed by atoms with Crippen molar-refractivity contribution in [1.29, 1.82) is 0 Å². The molecule has 0 aliphatic carbocycles. The van der Waals surface area contributed by atoms with Gasteiger partial charge in [0.2, 0.25) is 0 Å². The summed E-state index contributed by atoms with van der Waals surface area (Å²) >= 11 is 0. The fraction of sp³-hybridized carbons (Fsp3) is 0.167. The zero-order valence-electron chi connectivity index (χ0n) is 8.46. The molecular formula is C12H14N2. The maximum Gasteiger partial charge on any atom is 0.0343 e. The summed E-state index contributed by atoms with van der Waals surface area (Å²) in [5, 5.41) is 8.78. The molecule has 2 nitrogen and oxygen atoms in total. The van der Waals surface area contributed by atoms with Gasteiger partial charge in [-0.15, -0.1) is 0 Å². The van der Waals surface area contributed by atoms with Gasteiger partial charge >= 0.3 is 0 Å². The molecule has 0 spiro atoms. The Morgan fingerprint density at radius 3 is 1.50 bits per heavy atom. The summed E-state index contributed by atoms with van der Waals surface area (Å²) in [6.07, 6.45) is 0. The first-order valence-electron chi connectivity index (χ1n) is 4.73. The van der Waals surface area contributed by atoms with Crippen molar-refractivity contribution in [3.8, 4) is 0 Å². The van der Waals surface area contributed by atoms with Crippen molar-refractivity contribution in [2.45, 2.75) is 0 Å². The van der Waals surface area contributed by atoms with Gasteiger partial charge in [0.15, 0.2) is 0 Å². The quantitative estimate of drug-likeness (QED) is 0.753. The minimum absolute atomic E-state index is 1.15. The Kier molecular flexibility index (Phi) is 2.27. The van der Waals surface area contributed by atoms with E-state index in [1.54, 1.807) is 0 Å². The zero-order valence-corrected chi connectivity index (χ0v) is 8.46. The molecule has 0 saturated heterocycles. The lowest BCUT2D eigenvalue weighted by Gasteiger charge is -2.05. The molecule has 0 aliphatic heterocycles. The average Bonchev–Trinajstić information content (AvgIpc) is 2.27. The number of benzene rings is 2. The summed E-state index contributed by atoms with van der Waals surface area (Å²) < 4.78 is 0. The van der Waals surface area contributed by atoms with Gasteiger partial charge in [0, 0.05) is 25.5 Å². The van der Waals surface area contributed by atoms with E-state index in [1.165, 1.54) is 10.8 Å². The second-order valence-corrected chi connectivity index (χ2v) is 3.28. The Morgan fingerprint density at radius 1 is 0.714 bits per heavy atom. The Labute approximate surface area is 83.9 Å². The van der Waals surface area contributed by atoms with E-state index in [0.717, 1.165) is 11.4 Å². The molecule has 0 saturated carbocycles. The molecule has 2 rings (SSSR count). The molecule has 2 aromatic carbocycles. The molecule has 14 heavy (non-hydrogen) atoms. The highest BCUT2D eigenvalue weighted by Crippen LogP contribution is 2.22. The number of hydrogen-bond donors (Lipinski definition) is 2. The van der Waals surface area contributed by atoms with Crippen molar-refractivity contribution in [2.75, 3.05) is 24.7 Å². The Morgan fingerprint density at radius 2 is 1.14 bits per heavy atom. The fourth-order valence-electron chi connectivity index (χ4n) is 1.56. The van der Waals surface area contributed by atoms with Crippen molar-refractivity contribution in [2.24, 2.45) is 0 Å². The van der Waals surface area contributed by atoms with E-state index in [2.05, 4.69) is 47.0 Å². The highest BCUT2D eigenvalue weighted by Gasteiger charge is 1.95. The van der Waals surface area contributed by atoms with Crippen LogP contribution >= 0.6 is 0 Å². The number of rotatable bonds is 2. The van der Waals surface area contributed by atoms with E-state index in [-0.39, 0.29) is 0 Å². The first-order valence-corrected chi connectivity index (χ1v) is 4.73. The maximum absolute atomic E-state index is 3.13. The lowest BCUT2D eigenvalue weighted by molar-refractivity contribution is 1.51. The Bertz CT molecular complexity index is 406. The molecule has 2 aromatic rings. The van der Waals surface area contributed by atoms with Crippen molar-refractivity contribution >= 4 is 22.1 Å². The summed E-state index contributed by atoms with van der Waals surface area (Å²) in [6.45, 7) is 0. The van der Waals surface area contributed by atoms with E-state index in [0.29, 0.717) is 0 Å². The maximum atomic E-state index is 3.13.